The summed E-state index contributed by atoms with van der Waals surface area (Å²) in [5.74, 6) is 1.41. The molecule has 0 aliphatic carbocycles. The van der Waals surface area contributed by atoms with Crippen LogP contribution >= 0.6 is 15.9 Å². The molecule has 128 valence electrons. The van der Waals surface area contributed by atoms with Gasteiger partial charge in [0.1, 0.15) is 18.1 Å². The molecule has 0 spiro atoms. The Bertz CT molecular complexity index is 976. The van der Waals surface area contributed by atoms with Gasteiger partial charge in [-0.05, 0) is 41.5 Å². The Morgan fingerprint density at radius 2 is 1.73 bits per heavy atom. The Morgan fingerprint density at radius 3 is 2.50 bits per heavy atom. The second kappa shape index (κ2) is 7.18. The lowest BCUT2D eigenvalue weighted by molar-refractivity contribution is 0.101. The lowest BCUT2D eigenvalue weighted by Crippen LogP contribution is -1.98. The van der Waals surface area contributed by atoms with Crippen molar-refractivity contribution >= 4 is 27.8 Å². The number of hydrogen-bond acceptors (Lipinski definition) is 3. The highest BCUT2D eigenvalue weighted by molar-refractivity contribution is 9.10. The highest BCUT2D eigenvalue weighted by atomic mass is 79.9. The maximum absolute atomic E-state index is 12.5. The number of ether oxygens (including phenoxy) is 2. The highest BCUT2D eigenvalue weighted by Crippen LogP contribution is 2.35. The van der Waals surface area contributed by atoms with E-state index >= 15 is 0 Å². The Balaban J connectivity index is 1.52. The van der Waals surface area contributed by atoms with Crippen LogP contribution in [0.25, 0.3) is 6.08 Å². The molecule has 4 rings (SSSR count). The number of carbonyl (C=O) groups excluding carboxylic acids is 1. The smallest absolute Gasteiger partial charge is 0.231 e. The van der Waals surface area contributed by atoms with Gasteiger partial charge in [-0.25, -0.2) is 0 Å². The van der Waals surface area contributed by atoms with Crippen molar-refractivity contribution in [3.8, 4) is 11.5 Å². The summed E-state index contributed by atoms with van der Waals surface area (Å²) in [6.45, 7) is 0.467. The molecule has 0 unspecified atom stereocenters. The van der Waals surface area contributed by atoms with Crippen LogP contribution in [0.5, 0.6) is 11.5 Å². The normalized spacial score (nSPS) is 14.2. The van der Waals surface area contributed by atoms with Crippen LogP contribution in [0.3, 0.4) is 0 Å². The van der Waals surface area contributed by atoms with E-state index in [1.165, 1.54) is 0 Å². The minimum atomic E-state index is -0.113. The molecule has 3 aromatic rings. The average Bonchev–Trinajstić information content (AvgIpc) is 2.98. The van der Waals surface area contributed by atoms with Crippen molar-refractivity contribution in [2.75, 3.05) is 0 Å². The molecule has 1 heterocycles. The largest absolute Gasteiger partial charge is 0.489 e. The molecule has 0 N–H and O–H groups in total. The summed E-state index contributed by atoms with van der Waals surface area (Å²) in [7, 11) is 0. The number of halogens is 1. The Hall–Kier alpha value is -2.85. The van der Waals surface area contributed by atoms with E-state index in [2.05, 4.69) is 15.9 Å². The topological polar surface area (TPSA) is 35.5 Å². The number of allylic oxidation sites excluding steroid dienone is 1. The molecular formula is C22H15BrO3. The zero-order valence-electron chi connectivity index (χ0n) is 13.8. The van der Waals surface area contributed by atoms with E-state index in [1.54, 1.807) is 24.3 Å². The second-order valence-electron chi connectivity index (χ2n) is 5.92. The number of ketones is 1. The molecule has 0 bridgehead atoms. The summed E-state index contributed by atoms with van der Waals surface area (Å²) in [5, 5.41) is 0. The van der Waals surface area contributed by atoms with Crippen LogP contribution in [0.2, 0.25) is 0 Å². The minimum absolute atomic E-state index is 0.113. The van der Waals surface area contributed by atoms with Gasteiger partial charge in [0.25, 0.3) is 0 Å². The van der Waals surface area contributed by atoms with Gasteiger partial charge in [0, 0.05) is 10.5 Å². The molecule has 3 aromatic carbocycles. The number of carbonyl (C=O) groups is 1. The van der Waals surface area contributed by atoms with E-state index in [0.29, 0.717) is 29.4 Å². The fraction of sp³-hybridized carbons (Fsp3) is 0.0455. The summed E-state index contributed by atoms with van der Waals surface area (Å²) in [6.07, 6.45) is 1.75. The number of benzene rings is 3. The number of Topliss-reactive ketones (excluding diaryl/α,β-unsaturated/α-hetero) is 1. The van der Waals surface area contributed by atoms with E-state index in [1.807, 2.05) is 54.6 Å². The molecule has 0 radical (unpaired) electrons. The maximum atomic E-state index is 12.5. The van der Waals surface area contributed by atoms with Gasteiger partial charge < -0.3 is 9.47 Å². The lowest BCUT2D eigenvalue weighted by Gasteiger charge is -2.07. The molecule has 0 amide bonds. The Labute approximate surface area is 160 Å². The van der Waals surface area contributed by atoms with E-state index < -0.39 is 0 Å². The van der Waals surface area contributed by atoms with E-state index in [9.17, 15) is 4.79 Å². The fourth-order valence-electron chi connectivity index (χ4n) is 2.71. The summed E-state index contributed by atoms with van der Waals surface area (Å²) >= 11 is 3.40. The van der Waals surface area contributed by atoms with Gasteiger partial charge in [-0.2, -0.15) is 0 Å². The lowest BCUT2D eigenvalue weighted by atomic mass is 10.1. The minimum Gasteiger partial charge on any atom is -0.489 e. The summed E-state index contributed by atoms with van der Waals surface area (Å²) in [6, 6.07) is 22.9. The number of rotatable bonds is 4. The third-order valence-electron chi connectivity index (χ3n) is 4.06. The molecule has 3 nitrogen and oxygen atoms in total. The van der Waals surface area contributed by atoms with Crippen molar-refractivity contribution in [2.24, 2.45) is 0 Å². The van der Waals surface area contributed by atoms with Crippen LogP contribution in [-0.4, -0.2) is 5.78 Å². The highest BCUT2D eigenvalue weighted by Gasteiger charge is 2.27. The quantitative estimate of drug-likeness (QED) is 0.525. The summed E-state index contributed by atoms with van der Waals surface area (Å²) in [4.78, 5) is 12.5. The van der Waals surface area contributed by atoms with Crippen LogP contribution < -0.4 is 9.47 Å². The molecule has 1 aliphatic heterocycles. The first kappa shape index (κ1) is 16.6. The second-order valence-corrected chi connectivity index (χ2v) is 6.84. The van der Waals surface area contributed by atoms with Crippen molar-refractivity contribution in [3.63, 3.8) is 0 Å². The first-order chi connectivity index (χ1) is 12.7. The van der Waals surface area contributed by atoms with Crippen LogP contribution in [-0.2, 0) is 6.61 Å². The fourth-order valence-corrected chi connectivity index (χ4v) is 2.97. The summed E-state index contributed by atoms with van der Waals surface area (Å²) < 4.78 is 12.6. The van der Waals surface area contributed by atoms with Gasteiger partial charge in [-0.1, -0.05) is 58.4 Å². The van der Waals surface area contributed by atoms with Crippen molar-refractivity contribution in [1.29, 1.82) is 0 Å². The molecule has 1 aliphatic rings. The van der Waals surface area contributed by atoms with Crippen LogP contribution in [0.15, 0.2) is 83.0 Å². The predicted molar refractivity (Wildman–Crippen MR) is 104 cm³/mol. The van der Waals surface area contributed by atoms with E-state index in [0.717, 1.165) is 15.6 Å². The monoisotopic (exact) mass is 406 g/mol. The maximum Gasteiger partial charge on any atom is 0.231 e. The van der Waals surface area contributed by atoms with Crippen LogP contribution in [0.1, 0.15) is 21.5 Å². The first-order valence-electron chi connectivity index (χ1n) is 8.20. The van der Waals surface area contributed by atoms with Crippen LogP contribution in [0.4, 0.5) is 0 Å². The molecular weight excluding hydrogens is 392 g/mol. The summed E-state index contributed by atoms with van der Waals surface area (Å²) in [5.41, 5.74) is 2.55. The molecule has 0 fully saturated rings. The van der Waals surface area contributed by atoms with Gasteiger partial charge >= 0.3 is 0 Å². The van der Waals surface area contributed by atoms with Crippen molar-refractivity contribution in [1.82, 2.24) is 0 Å². The van der Waals surface area contributed by atoms with Crippen LogP contribution in [0, 0.1) is 0 Å². The number of hydrogen-bond donors (Lipinski definition) is 0. The Kier molecular flexibility index (Phi) is 4.59. The van der Waals surface area contributed by atoms with E-state index in [4.69, 9.17) is 9.47 Å². The van der Waals surface area contributed by atoms with Gasteiger partial charge in [0.05, 0.1) is 5.56 Å². The molecule has 0 aromatic heterocycles. The van der Waals surface area contributed by atoms with Crippen molar-refractivity contribution in [3.05, 3.63) is 99.7 Å². The van der Waals surface area contributed by atoms with Crippen molar-refractivity contribution < 1.29 is 14.3 Å². The molecule has 4 heteroatoms. The number of fused-ring (bicyclic) bond motifs is 1. The van der Waals surface area contributed by atoms with E-state index in [-0.39, 0.29) is 5.78 Å². The third kappa shape index (κ3) is 3.55. The molecule has 26 heavy (non-hydrogen) atoms. The zero-order chi connectivity index (χ0) is 17.9. The molecule has 0 saturated carbocycles. The third-order valence-corrected chi connectivity index (χ3v) is 4.59. The van der Waals surface area contributed by atoms with Gasteiger partial charge in [0.15, 0.2) is 5.76 Å². The van der Waals surface area contributed by atoms with Gasteiger partial charge in [-0.3, -0.25) is 4.79 Å². The Morgan fingerprint density at radius 1 is 0.962 bits per heavy atom. The SMILES string of the molecule is O=C1C(=Cc2ccc(Br)cc2)Oc2cc(OCc3ccccc3)ccc21. The van der Waals surface area contributed by atoms with Crippen molar-refractivity contribution in [2.45, 2.75) is 6.61 Å². The predicted octanol–water partition coefficient (Wildman–Crippen LogP) is 5.64. The average molecular weight is 407 g/mol. The molecule has 0 atom stereocenters. The standard InChI is InChI=1S/C22H15BrO3/c23-17-8-6-15(7-9-17)12-21-22(24)19-11-10-18(13-20(19)26-21)25-14-16-4-2-1-3-5-16/h1-13H,14H2. The first-order valence-corrected chi connectivity index (χ1v) is 8.99. The molecule has 0 saturated heterocycles. The van der Waals surface area contributed by atoms with Gasteiger partial charge in [0.2, 0.25) is 5.78 Å². The zero-order valence-corrected chi connectivity index (χ0v) is 15.4. The van der Waals surface area contributed by atoms with Gasteiger partial charge in [-0.15, -0.1) is 0 Å².